The number of halogens is 3. The Labute approximate surface area is 68.4 Å². The van der Waals surface area contributed by atoms with Crippen molar-refractivity contribution in [1.82, 2.24) is 5.32 Å². The van der Waals surface area contributed by atoms with E-state index >= 15 is 0 Å². The Morgan fingerprint density at radius 1 is 1.50 bits per heavy atom. The number of nitrogens with zero attached hydrogens (tertiary/aromatic N) is 1. The molecule has 1 rings (SSSR count). The topological polar surface area (TPSA) is 35.8 Å². The second-order valence-corrected chi connectivity index (χ2v) is 2.94. The van der Waals surface area contributed by atoms with Crippen molar-refractivity contribution in [2.75, 3.05) is 6.54 Å². The smallest absolute Gasteiger partial charge is 0.312 e. The summed E-state index contributed by atoms with van der Waals surface area (Å²) in [5.74, 6) is -1.27. The second-order valence-electron chi connectivity index (χ2n) is 2.94. The van der Waals surface area contributed by atoms with Gasteiger partial charge in [-0.15, -0.1) is 0 Å². The molecule has 1 fully saturated rings. The molecule has 0 bridgehead atoms. The summed E-state index contributed by atoms with van der Waals surface area (Å²) < 4.78 is 36.2. The van der Waals surface area contributed by atoms with Crippen molar-refractivity contribution in [2.45, 2.75) is 25.1 Å². The monoisotopic (exact) mass is 178 g/mol. The molecule has 1 N–H and O–H groups in total. The summed E-state index contributed by atoms with van der Waals surface area (Å²) in [4.78, 5) is 0. The number of alkyl halides is 3. The first-order valence-corrected chi connectivity index (χ1v) is 3.71. The van der Waals surface area contributed by atoms with Crippen molar-refractivity contribution < 1.29 is 13.2 Å². The van der Waals surface area contributed by atoms with Gasteiger partial charge in [0.2, 0.25) is 0 Å². The molecule has 0 radical (unpaired) electrons. The largest absolute Gasteiger partial charge is 0.393 e. The van der Waals surface area contributed by atoms with Crippen LogP contribution < -0.4 is 5.32 Å². The molecule has 1 saturated heterocycles. The van der Waals surface area contributed by atoms with Crippen molar-refractivity contribution in [2.24, 2.45) is 5.92 Å². The van der Waals surface area contributed by atoms with Crippen molar-refractivity contribution >= 4 is 0 Å². The molecule has 2 nitrogen and oxygen atoms in total. The first-order chi connectivity index (χ1) is 5.54. The summed E-state index contributed by atoms with van der Waals surface area (Å²) in [5.41, 5.74) is 0. The van der Waals surface area contributed by atoms with E-state index in [0.29, 0.717) is 0 Å². The summed E-state index contributed by atoms with van der Waals surface area (Å²) in [6.45, 7) is -0.0458. The summed E-state index contributed by atoms with van der Waals surface area (Å²) in [5, 5.41) is 10.9. The summed E-state index contributed by atoms with van der Waals surface area (Å²) >= 11 is 0. The van der Waals surface area contributed by atoms with Crippen LogP contribution in [0.3, 0.4) is 0 Å². The van der Waals surface area contributed by atoms with E-state index < -0.39 is 12.1 Å². The molecule has 1 heterocycles. The molecule has 68 valence electrons. The summed E-state index contributed by atoms with van der Waals surface area (Å²) in [6.07, 6.45) is -3.92. The Kier molecular flexibility index (Phi) is 2.58. The fourth-order valence-corrected chi connectivity index (χ4v) is 1.33. The molecule has 12 heavy (non-hydrogen) atoms. The average Bonchev–Trinajstić information content (AvgIpc) is 2.35. The third-order valence-electron chi connectivity index (χ3n) is 2.02. The zero-order valence-corrected chi connectivity index (χ0v) is 6.36. The molecule has 0 aromatic heterocycles. The Morgan fingerprint density at radius 2 is 2.17 bits per heavy atom. The number of nitriles is 1. The third-order valence-corrected chi connectivity index (χ3v) is 2.02. The molecule has 0 spiro atoms. The molecule has 1 aliphatic rings. The van der Waals surface area contributed by atoms with Gasteiger partial charge in [0.1, 0.15) is 0 Å². The first kappa shape index (κ1) is 9.33. The quantitative estimate of drug-likeness (QED) is 0.659. The van der Waals surface area contributed by atoms with Crippen LogP contribution in [0.4, 0.5) is 13.2 Å². The van der Waals surface area contributed by atoms with E-state index in [1.165, 1.54) is 0 Å². The van der Waals surface area contributed by atoms with Crippen molar-refractivity contribution in [3.63, 3.8) is 0 Å². The molecule has 5 heteroatoms. The highest BCUT2D eigenvalue weighted by molar-refractivity contribution is 4.90. The van der Waals surface area contributed by atoms with Gasteiger partial charge in [-0.3, -0.25) is 0 Å². The molecule has 0 aromatic rings. The van der Waals surface area contributed by atoms with Gasteiger partial charge in [0, 0.05) is 12.6 Å². The SMILES string of the molecule is N#CC[C@@H]1C[C@H](C(F)(F)F)CN1. The van der Waals surface area contributed by atoms with Crippen LogP contribution in [0.15, 0.2) is 0 Å². The number of nitrogens with one attached hydrogen (secondary N) is 1. The van der Waals surface area contributed by atoms with Gasteiger partial charge in [0.25, 0.3) is 0 Å². The number of hydrogen-bond acceptors (Lipinski definition) is 2. The normalized spacial score (nSPS) is 30.2. The minimum atomic E-state index is -4.11. The van der Waals surface area contributed by atoms with Gasteiger partial charge < -0.3 is 5.32 Å². The Hall–Kier alpha value is -0.760. The highest BCUT2D eigenvalue weighted by Crippen LogP contribution is 2.32. The van der Waals surface area contributed by atoms with Gasteiger partial charge in [-0.2, -0.15) is 18.4 Å². The fourth-order valence-electron chi connectivity index (χ4n) is 1.33. The minimum Gasteiger partial charge on any atom is -0.312 e. The first-order valence-electron chi connectivity index (χ1n) is 3.71. The lowest BCUT2D eigenvalue weighted by Gasteiger charge is -2.12. The zero-order valence-electron chi connectivity index (χ0n) is 6.36. The Balaban J connectivity index is 2.42. The molecule has 0 saturated carbocycles. The molecule has 0 aromatic carbocycles. The van der Waals surface area contributed by atoms with E-state index in [2.05, 4.69) is 5.32 Å². The summed E-state index contributed by atoms with van der Waals surface area (Å²) in [7, 11) is 0. The highest BCUT2D eigenvalue weighted by atomic mass is 19.4. The van der Waals surface area contributed by atoms with Crippen LogP contribution in [0.5, 0.6) is 0 Å². The van der Waals surface area contributed by atoms with Crippen LogP contribution in [0.2, 0.25) is 0 Å². The molecule has 1 aliphatic heterocycles. The van der Waals surface area contributed by atoms with Crippen LogP contribution in [0.1, 0.15) is 12.8 Å². The standard InChI is InChI=1S/C7H9F3N2/c8-7(9,10)5-3-6(1-2-11)12-4-5/h5-6,12H,1,3-4H2/t5-,6+/m0/s1. The predicted octanol–water partition coefficient (Wildman–Crippen LogP) is 1.44. The molecule has 0 amide bonds. The van der Waals surface area contributed by atoms with Gasteiger partial charge >= 0.3 is 6.18 Å². The van der Waals surface area contributed by atoms with Gasteiger partial charge in [0.05, 0.1) is 18.4 Å². The van der Waals surface area contributed by atoms with Gasteiger partial charge in [-0.25, -0.2) is 0 Å². The lowest BCUT2D eigenvalue weighted by atomic mass is 10.0. The van der Waals surface area contributed by atoms with Crippen molar-refractivity contribution in [1.29, 1.82) is 5.26 Å². The third kappa shape index (κ3) is 2.11. The summed E-state index contributed by atoms with van der Waals surface area (Å²) in [6, 6.07) is 1.58. The van der Waals surface area contributed by atoms with Gasteiger partial charge in [0.15, 0.2) is 0 Å². The Morgan fingerprint density at radius 3 is 2.58 bits per heavy atom. The maximum absolute atomic E-state index is 12.1. The van der Waals surface area contributed by atoms with Crippen LogP contribution in [-0.2, 0) is 0 Å². The van der Waals surface area contributed by atoms with Crippen LogP contribution in [-0.4, -0.2) is 18.8 Å². The number of hydrogen-bond donors (Lipinski definition) is 1. The molecule has 0 unspecified atom stereocenters. The van der Waals surface area contributed by atoms with Gasteiger partial charge in [-0.05, 0) is 6.42 Å². The van der Waals surface area contributed by atoms with E-state index in [9.17, 15) is 13.2 Å². The van der Waals surface area contributed by atoms with E-state index in [1.54, 1.807) is 0 Å². The van der Waals surface area contributed by atoms with E-state index in [1.807, 2.05) is 6.07 Å². The van der Waals surface area contributed by atoms with Crippen molar-refractivity contribution in [3.05, 3.63) is 0 Å². The maximum Gasteiger partial charge on any atom is 0.393 e. The van der Waals surface area contributed by atoms with E-state index in [-0.39, 0.29) is 25.4 Å². The van der Waals surface area contributed by atoms with E-state index in [4.69, 9.17) is 5.26 Å². The molecular weight excluding hydrogens is 169 g/mol. The van der Waals surface area contributed by atoms with Crippen LogP contribution in [0.25, 0.3) is 0 Å². The highest BCUT2D eigenvalue weighted by Gasteiger charge is 2.43. The maximum atomic E-state index is 12.1. The predicted molar refractivity (Wildman–Crippen MR) is 36.2 cm³/mol. The van der Waals surface area contributed by atoms with E-state index in [0.717, 1.165) is 0 Å². The van der Waals surface area contributed by atoms with Crippen LogP contribution in [0, 0.1) is 17.2 Å². The van der Waals surface area contributed by atoms with Crippen molar-refractivity contribution in [3.8, 4) is 6.07 Å². The van der Waals surface area contributed by atoms with Crippen LogP contribution >= 0.6 is 0 Å². The lowest BCUT2D eigenvalue weighted by molar-refractivity contribution is -0.169. The molecule has 0 aliphatic carbocycles. The second kappa shape index (κ2) is 3.31. The lowest BCUT2D eigenvalue weighted by Crippen LogP contribution is -2.24. The minimum absolute atomic E-state index is 0.0388. The molecule has 2 atom stereocenters. The number of rotatable bonds is 1. The molecular formula is C7H9F3N2. The fraction of sp³-hybridized carbons (Fsp3) is 0.857. The van der Waals surface area contributed by atoms with Gasteiger partial charge in [-0.1, -0.05) is 0 Å². The zero-order chi connectivity index (χ0) is 9.19. The Bertz CT molecular complexity index is 194. The average molecular weight is 178 g/mol.